The Labute approximate surface area is 289 Å². The minimum absolute atomic E-state index is 0.136. The summed E-state index contributed by atoms with van der Waals surface area (Å²) in [6.07, 6.45) is -9.62. The van der Waals surface area contributed by atoms with Crippen molar-refractivity contribution in [3.05, 3.63) is 10.4 Å². The molecule has 0 spiro atoms. The quantitative estimate of drug-likeness (QED) is 0.0523. The zero-order valence-electron chi connectivity index (χ0n) is 29.3. The summed E-state index contributed by atoms with van der Waals surface area (Å²) in [6.45, 7) is 8.92. The molecule has 0 bridgehead atoms. The third-order valence-electron chi connectivity index (χ3n) is 7.62. The zero-order valence-corrected chi connectivity index (χ0v) is 29.3. The van der Waals surface area contributed by atoms with Gasteiger partial charge in [0.1, 0.15) is 43.7 Å². The normalized spacial score (nSPS) is 31.3. The average molecular weight is 718 g/mol. The number of carbonyl (C=O) groups excluding carboxylic acids is 5. The van der Waals surface area contributed by atoms with Crippen LogP contribution >= 0.6 is 0 Å². The number of hydrogen-bond donors (Lipinski definition) is 0. The van der Waals surface area contributed by atoms with Crippen molar-refractivity contribution in [2.75, 3.05) is 26.4 Å². The Morgan fingerprint density at radius 1 is 0.660 bits per heavy atom. The molecule has 0 aromatic rings. The molecule has 0 radical (unpaired) electrons. The Kier molecular flexibility index (Phi) is 15.6. The van der Waals surface area contributed by atoms with E-state index in [0.717, 1.165) is 26.7 Å². The van der Waals surface area contributed by atoms with E-state index in [-0.39, 0.29) is 13.2 Å². The Morgan fingerprint density at radius 2 is 1.20 bits per heavy atom. The Bertz CT molecular complexity index is 1240. The fourth-order valence-corrected chi connectivity index (χ4v) is 5.79. The highest BCUT2D eigenvalue weighted by Crippen LogP contribution is 2.41. The lowest BCUT2D eigenvalue weighted by Crippen LogP contribution is -2.66. The molecule has 3 rings (SSSR count). The van der Waals surface area contributed by atoms with E-state index in [1.54, 1.807) is 13.8 Å². The van der Waals surface area contributed by atoms with Gasteiger partial charge in [-0.2, -0.15) is 0 Å². The number of rotatable bonds is 17. The minimum atomic E-state index is -1.49. The van der Waals surface area contributed by atoms with Gasteiger partial charge in [0, 0.05) is 52.7 Å². The Morgan fingerprint density at radius 3 is 1.80 bits per heavy atom. The monoisotopic (exact) mass is 717 g/mol. The first-order chi connectivity index (χ1) is 23.6. The van der Waals surface area contributed by atoms with Gasteiger partial charge in [-0.3, -0.25) is 24.0 Å². The molecule has 19 nitrogen and oxygen atoms in total. The summed E-state index contributed by atoms with van der Waals surface area (Å²) in [5, 5.41) is 3.51. The summed E-state index contributed by atoms with van der Waals surface area (Å²) in [7, 11) is 0. The number of fused-ring (bicyclic) bond motifs is 1. The fraction of sp³-hybridized carbons (Fsp3) is 0.839. The lowest BCUT2D eigenvalue weighted by Gasteiger charge is -2.47. The summed E-state index contributed by atoms with van der Waals surface area (Å²) in [5.74, 6) is -4.67. The minimum Gasteiger partial charge on any atom is -0.463 e. The average Bonchev–Trinajstić information content (AvgIpc) is 3.34. The first kappa shape index (κ1) is 40.8. The van der Waals surface area contributed by atoms with Gasteiger partial charge in [-0.1, -0.05) is 18.0 Å². The molecule has 3 saturated heterocycles. The molecular formula is C31H47N3O16. The molecule has 0 N–H and O–H groups in total. The largest absolute Gasteiger partial charge is 0.463 e. The topological polar surface area (TPSA) is 236 Å². The molecule has 282 valence electrons. The molecule has 0 amide bonds. The third kappa shape index (κ3) is 12.3. The molecule has 3 aliphatic rings. The van der Waals surface area contributed by atoms with E-state index in [1.165, 1.54) is 20.8 Å². The molecule has 3 heterocycles. The van der Waals surface area contributed by atoms with Gasteiger partial charge in [0.05, 0.1) is 0 Å². The van der Waals surface area contributed by atoms with Crippen LogP contribution in [0.25, 0.3) is 10.4 Å². The van der Waals surface area contributed by atoms with Gasteiger partial charge >= 0.3 is 29.8 Å². The molecule has 3 fully saturated rings. The number of esters is 5. The maximum absolute atomic E-state index is 12.5. The summed E-state index contributed by atoms with van der Waals surface area (Å²) in [6, 6.07) is 0. The van der Waals surface area contributed by atoms with Gasteiger partial charge in [0.25, 0.3) is 0 Å². The van der Waals surface area contributed by atoms with Gasteiger partial charge in [-0.25, -0.2) is 0 Å². The van der Waals surface area contributed by atoms with Crippen molar-refractivity contribution in [3.8, 4) is 0 Å². The van der Waals surface area contributed by atoms with Crippen LogP contribution in [0.1, 0.15) is 74.1 Å². The summed E-state index contributed by atoms with van der Waals surface area (Å²) < 4.78 is 64.3. The fourth-order valence-electron chi connectivity index (χ4n) is 5.79. The number of ether oxygens (including phenoxy) is 11. The highest BCUT2D eigenvalue weighted by molar-refractivity contribution is 5.68. The lowest BCUT2D eigenvalue weighted by atomic mass is 9.96. The van der Waals surface area contributed by atoms with Crippen molar-refractivity contribution in [1.29, 1.82) is 0 Å². The van der Waals surface area contributed by atoms with Gasteiger partial charge in [-0.05, 0) is 32.2 Å². The van der Waals surface area contributed by atoms with Crippen molar-refractivity contribution >= 4 is 29.8 Å². The number of nitrogens with zero attached hydrogens (tertiary/aromatic N) is 3. The van der Waals surface area contributed by atoms with E-state index in [0.29, 0.717) is 19.4 Å². The molecule has 3 aliphatic heterocycles. The molecule has 10 atom stereocenters. The van der Waals surface area contributed by atoms with Crippen LogP contribution in [0.2, 0.25) is 0 Å². The smallest absolute Gasteiger partial charge is 0.303 e. The summed E-state index contributed by atoms with van der Waals surface area (Å²) >= 11 is 0. The lowest BCUT2D eigenvalue weighted by molar-refractivity contribution is -0.355. The number of carbonyl (C=O) groups is 5. The van der Waals surface area contributed by atoms with E-state index < -0.39 is 104 Å². The first-order valence-corrected chi connectivity index (χ1v) is 16.3. The molecule has 0 unspecified atom stereocenters. The van der Waals surface area contributed by atoms with Crippen molar-refractivity contribution < 1.29 is 76.1 Å². The predicted octanol–water partition coefficient (Wildman–Crippen LogP) is 2.15. The van der Waals surface area contributed by atoms with Crippen LogP contribution in [0.5, 0.6) is 0 Å². The Hall–Kier alpha value is -3.58. The molecule has 0 saturated carbocycles. The zero-order chi connectivity index (χ0) is 37.0. The van der Waals surface area contributed by atoms with E-state index in [4.69, 9.17) is 57.6 Å². The van der Waals surface area contributed by atoms with Crippen LogP contribution in [0.3, 0.4) is 0 Å². The second kappa shape index (κ2) is 19.1. The number of unbranched alkanes of at least 4 members (excludes halogenated alkanes) is 3. The maximum atomic E-state index is 12.5. The van der Waals surface area contributed by atoms with Crippen LogP contribution in [-0.4, -0.2) is 123 Å². The van der Waals surface area contributed by atoms with Crippen LogP contribution in [0.4, 0.5) is 0 Å². The van der Waals surface area contributed by atoms with E-state index >= 15 is 0 Å². The van der Waals surface area contributed by atoms with Crippen LogP contribution in [0, 0.1) is 0 Å². The van der Waals surface area contributed by atoms with Crippen LogP contribution in [-0.2, 0) is 76.1 Å². The standard InChI is InChI=1S/C31H47N3O16/c1-16(35)41-14-21-23(25(43-18(3)37)27(44-19(4)38)29(46-21)40-13-11-9-8-10-12-33-34-32)48-30-28(45-20(5)39)26-24(49-31(6,7)50-26)22(47-30)15-42-17(2)36/h21-30H,8-15H2,1-7H3/t21-,22-,23-,24+,25+,26+,27-,28-,29-,30+/m1/s1. The molecule has 0 aliphatic carbocycles. The van der Waals surface area contributed by atoms with Crippen molar-refractivity contribution in [2.24, 2.45) is 5.11 Å². The summed E-state index contributed by atoms with van der Waals surface area (Å²) in [4.78, 5) is 63.5. The van der Waals surface area contributed by atoms with Gasteiger partial charge in [-0.15, -0.1) is 0 Å². The Balaban J connectivity index is 1.96. The van der Waals surface area contributed by atoms with Gasteiger partial charge < -0.3 is 52.1 Å². The van der Waals surface area contributed by atoms with E-state index in [9.17, 15) is 24.0 Å². The SMILES string of the molecule is CC(=O)OC[C@H]1O[C@@H](O[C@H]2[C@H](OC(C)=O)[C@@H](OC(C)=O)[C@H](OCCCCCCN=[N+]=[N-])O[C@@H]2COC(C)=O)[C@H](OC(C)=O)[C@H]2OC(C)(C)O[C@H]21. The van der Waals surface area contributed by atoms with E-state index in [1.807, 2.05) is 0 Å². The predicted molar refractivity (Wildman–Crippen MR) is 164 cm³/mol. The number of azide groups is 1. The summed E-state index contributed by atoms with van der Waals surface area (Å²) in [5.41, 5.74) is 8.44. The molecule has 50 heavy (non-hydrogen) atoms. The third-order valence-corrected chi connectivity index (χ3v) is 7.62. The van der Waals surface area contributed by atoms with Crippen molar-refractivity contribution in [2.45, 2.75) is 141 Å². The van der Waals surface area contributed by atoms with E-state index in [2.05, 4.69) is 10.0 Å². The van der Waals surface area contributed by atoms with Crippen LogP contribution in [0.15, 0.2) is 5.11 Å². The van der Waals surface area contributed by atoms with Gasteiger partial charge in [0.15, 0.2) is 36.7 Å². The molecule has 19 heteroatoms. The van der Waals surface area contributed by atoms with Crippen molar-refractivity contribution in [1.82, 2.24) is 0 Å². The number of hydrogen-bond acceptors (Lipinski definition) is 17. The molecule has 0 aromatic heterocycles. The highest BCUT2D eigenvalue weighted by atomic mass is 16.8. The van der Waals surface area contributed by atoms with Crippen molar-refractivity contribution in [3.63, 3.8) is 0 Å². The molecule has 0 aromatic carbocycles. The first-order valence-electron chi connectivity index (χ1n) is 16.3. The second-order valence-electron chi connectivity index (χ2n) is 12.3. The maximum Gasteiger partial charge on any atom is 0.303 e. The van der Waals surface area contributed by atoms with Gasteiger partial charge in [0.2, 0.25) is 0 Å². The van der Waals surface area contributed by atoms with Crippen LogP contribution < -0.4 is 0 Å². The second-order valence-corrected chi connectivity index (χ2v) is 12.3. The molecular weight excluding hydrogens is 670 g/mol. The highest BCUT2D eigenvalue weighted by Gasteiger charge is 2.60.